The first-order chi connectivity index (χ1) is 8.61. The molecule has 0 aliphatic carbocycles. The van der Waals surface area contributed by atoms with E-state index in [-0.39, 0.29) is 10.8 Å². The van der Waals surface area contributed by atoms with E-state index in [1.165, 1.54) is 6.07 Å². The topological polar surface area (TPSA) is 42.2 Å². The molecular formula is C13H12FN3S. The van der Waals surface area contributed by atoms with Gasteiger partial charge in [-0.25, -0.2) is 9.37 Å². The van der Waals surface area contributed by atoms with Crippen molar-refractivity contribution in [1.82, 2.24) is 4.98 Å². The van der Waals surface area contributed by atoms with Gasteiger partial charge in [-0.2, -0.15) is 0 Å². The molecule has 0 spiro atoms. The molecule has 2 rings (SSSR count). The van der Waals surface area contributed by atoms with E-state index in [2.05, 4.69) is 4.98 Å². The van der Waals surface area contributed by atoms with Gasteiger partial charge >= 0.3 is 0 Å². The van der Waals surface area contributed by atoms with Crippen molar-refractivity contribution < 1.29 is 4.39 Å². The number of thiocarbonyl (C=S) groups is 1. The Morgan fingerprint density at radius 1 is 1.28 bits per heavy atom. The Labute approximate surface area is 110 Å². The Morgan fingerprint density at radius 2 is 2.00 bits per heavy atom. The van der Waals surface area contributed by atoms with E-state index in [4.69, 9.17) is 18.0 Å². The SMILES string of the molecule is CN(c1ccccc1F)c1ncccc1C(N)=S. The molecule has 92 valence electrons. The number of hydrogen-bond donors (Lipinski definition) is 1. The van der Waals surface area contributed by atoms with Gasteiger partial charge in [0.1, 0.15) is 16.6 Å². The Kier molecular flexibility index (Phi) is 3.53. The summed E-state index contributed by atoms with van der Waals surface area (Å²) in [6.07, 6.45) is 1.62. The molecular weight excluding hydrogens is 249 g/mol. The standard InChI is InChI=1S/C13H12FN3S/c1-17(11-7-3-2-6-10(11)14)13-9(12(15)18)5-4-8-16-13/h2-8H,1H3,(H2,15,18). The first-order valence-electron chi connectivity index (χ1n) is 5.34. The average molecular weight is 261 g/mol. The molecule has 2 N–H and O–H groups in total. The molecule has 1 aromatic heterocycles. The number of nitrogens with zero attached hydrogens (tertiary/aromatic N) is 2. The van der Waals surface area contributed by atoms with Gasteiger partial charge in [0.25, 0.3) is 0 Å². The highest BCUT2D eigenvalue weighted by molar-refractivity contribution is 7.80. The molecule has 2 aromatic rings. The normalized spacial score (nSPS) is 10.1. The highest BCUT2D eigenvalue weighted by Crippen LogP contribution is 2.26. The lowest BCUT2D eigenvalue weighted by Gasteiger charge is -2.21. The fourth-order valence-electron chi connectivity index (χ4n) is 1.69. The van der Waals surface area contributed by atoms with Gasteiger partial charge in [-0.15, -0.1) is 0 Å². The van der Waals surface area contributed by atoms with Crippen molar-refractivity contribution in [2.24, 2.45) is 5.73 Å². The van der Waals surface area contributed by atoms with Crippen molar-refractivity contribution in [3.63, 3.8) is 0 Å². The number of halogens is 1. The van der Waals surface area contributed by atoms with Crippen LogP contribution in [0.1, 0.15) is 5.56 Å². The van der Waals surface area contributed by atoms with E-state index < -0.39 is 0 Å². The molecule has 1 aromatic carbocycles. The van der Waals surface area contributed by atoms with E-state index in [1.807, 2.05) is 0 Å². The number of pyridine rings is 1. The summed E-state index contributed by atoms with van der Waals surface area (Å²) in [6.45, 7) is 0. The molecule has 0 fully saturated rings. The van der Waals surface area contributed by atoms with Gasteiger partial charge in [-0.1, -0.05) is 24.4 Å². The maximum atomic E-state index is 13.7. The quantitative estimate of drug-likeness (QED) is 0.862. The Bertz CT molecular complexity index is 586. The van der Waals surface area contributed by atoms with Crippen molar-refractivity contribution in [1.29, 1.82) is 0 Å². The summed E-state index contributed by atoms with van der Waals surface area (Å²) in [5, 5.41) is 0. The van der Waals surface area contributed by atoms with Gasteiger partial charge in [0.05, 0.1) is 11.3 Å². The lowest BCUT2D eigenvalue weighted by molar-refractivity contribution is 0.627. The summed E-state index contributed by atoms with van der Waals surface area (Å²) in [5.41, 5.74) is 6.69. The highest BCUT2D eigenvalue weighted by atomic mass is 32.1. The van der Waals surface area contributed by atoms with Crippen LogP contribution >= 0.6 is 12.2 Å². The number of aromatic nitrogens is 1. The minimum absolute atomic E-state index is 0.237. The Balaban J connectivity index is 2.50. The van der Waals surface area contributed by atoms with Crippen LogP contribution in [0.15, 0.2) is 42.6 Å². The first-order valence-corrected chi connectivity index (χ1v) is 5.75. The third-order valence-electron chi connectivity index (χ3n) is 2.58. The third-order valence-corrected chi connectivity index (χ3v) is 2.80. The molecule has 18 heavy (non-hydrogen) atoms. The van der Waals surface area contributed by atoms with E-state index in [1.54, 1.807) is 48.5 Å². The van der Waals surface area contributed by atoms with Crippen molar-refractivity contribution in [3.05, 3.63) is 54.0 Å². The summed E-state index contributed by atoms with van der Waals surface area (Å²) in [5.74, 6) is 0.217. The number of rotatable bonds is 3. The van der Waals surface area contributed by atoms with E-state index >= 15 is 0 Å². The van der Waals surface area contributed by atoms with Gasteiger partial charge in [0.15, 0.2) is 0 Å². The minimum Gasteiger partial charge on any atom is -0.389 e. The zero-order valence-electron chi connectivity index (χ0n) is 9.80. The van der Waals surface area contributed by atoms with Crippen LogP contribution in [0.25, 0.3) is 0 Å². The van der Waals surface area contributed by atoms with E-state index in [0.717, 1.165) is 0 Å². The van der Waals surface area contributed by atoms with Crippen LogP contribution in [0.5, 0.6) is 0 Å². The highest BCUT2D eigenvalue weighted by Gasteiger charge is 2.14. The van der Waals surface area contributed by atoms with Crippen LogP contribution in [0, 0.1) is 5.82 Å². The summed E-state index contributed by atoms with van der Waals surface area (Å²) >= 11 is 4.97. The molecule has 0 saturated heterocycles. The second kappa shape index (κ2) is 5.10. The van der Waals surface area contributed by atoms with Gasteiger partial charge in [0.2, 0.25) is 0 Å². The Morgan fingerprint density at radius 3 is 2.67 bits per heavy atom. The largest absolute Gasteiger partial charge is 0.389 e. The summed E-state index contributed by atoms with van der Waals surface area (Å²) in [6, 6.07) is 9.98. The second-order valence-electron chi connectivity index (χ2n) is 3.75. The summed E-state index contributed by atoms with van der Waals surface area (Å²) in [4.78, 5) is 6.08. The molecule has 0 radical (unpaired) electrons. The van der Waals surface area contributed by atoms with Crippen LogP contribution in [-0.2, 0) is 0 Å². The maximum absolute atomic E-state index is 13.7. The predicted octanol–water partition coefficient (Wildman–Crippen LogP) is 2.62. The van der Waals surface area contributed by atoms with E-state index in [0.29, 0.717) is 17.1 Å². The number of nitrogens with two attached hydrogens (primary N) is 1. The van der Waals surface area contributed by atoms with Gasteiger partial charge < -0.3 is 10.6 Å². The summed E-state index contributed by atoms with van der Waals surface area (Å²) in [7, 11) is 1.72. The molecule has 5 heteroatoms. The van der Waals surface area contributed by atoms with Crippen LogP contribution in [0.3, 0.4) is 0 Å². The number of benzene rings is 1. The molecule has 0 unspecified atom stereocenters. The van der Waals surface area contributed by atoms with Gasteiger partial charge in [-0.05, 0) is 24.3 Å². The monoisotopic (exact) mass is 261 g/mol. The molecule has 0 atom stereocenters. The fourth-order valence-corrected chi connectivity index (χ4v) is 1.85. The van der Waals surface area contributed by atoms with Crippen molar-refractivity contribution in [2.75, 3.05) is 11.9 Å². The van der Waals surface area contributed by atoms with Crippen molar-refractivity contribution in [2.45, 2.75) is 0 Å². The van der Waals surface area contributed by atoms with Crippen LogP contribution in [-0.4, -0.2) is 17.0 Å². The molecule has 0 saturated carbocycles. The molecule has 0 amide bonds. The maximum Gasteiger partial charge on any atom is 0.146 e. The predicted molar refractivity (Wildman–Crippen MR) is 74.6 cm³/mol. The van der Waals surface area contributed by atoms with E-state index in [9.17, 15) is 4.39 Å². The Hall–Kier alpha value is -2.01. The van der Waals surface area contributed by atoms with Crippen LogP contribution < -0.4 is 10.6 Å². The molecule has 0 aliphatic heterocycles. The van der Waals surface area contributed by atoms with Gasteiger partial charge in [0, 0.05) is 13.2 Å². The lowest BCUT2D eigenvalue weighted by Crippen LogP contribution is -2.19. The van der Waals surface area contributed by atoms with Crippen LogP contribution in [0.4, 0.5) is 15.9 Å². The minimum atomic E-state index is -0.320. The first kappa shape index (κ1) is 12.4. The number of hydrogen-bond acceptors (Lipinski definition) is 3. The van der Waals surface area contributed by atoms with Crippen molar-refractivity contribution in [3.8, 4) is 0 Å². The molecule has 0 bridgehead atoms. The van der Waals surface area contributed by atoms with Crippen molar-refractivity contribution >= 4 is 28.7 Å². The zero-order valence-corrected chi connectivity index (χ0v) is 10.6. The van der Waals surface area contributed by atoms with Gasteiger partial charge in [-0.3, -0.25) is 0 Å². The average Bonchev–Trinajstić information content (AvgIpc) is 2.38. The fraction of sp³-hybridized carbons (Fsp3) is 0.0769. The number of para-hydroxylation sites is 1. The molecule has 3 nitrogen and oxygen atoms in total. The summed E-state index contributed by atoms with van der Waals surface area (Å²) < 4.78 is 13.7. The lowest BCUT2D eigenvalue weighted by atomic mass is 10.2. The smallest absolute Gasteiger partial charge is 0.146 e. The number of anilines is 2. The molecule has 1 heterocycles. The molecule has 0 aliphatic rings. The third kappa shape index (κ3) is 2.31. The zero-order chi connectivity index (χ0) is 13.1. The van der Waals surface area contributed by atoms with Crippen LogP contribution in [0.2, 0.25) is 0 Å². The second-order valence-corrected chi connectivity index (χ2v) is 4.19.